The van der Waals surface area contributed by atoms with Crippen LogP contribution in [0.1, 0.15) is 12.8 Å². The molecule has 4 heterocycles. The Balaban J connectivity index is 1.75. The third-order valence-electron chi connectivity index (χ3n) is 4.85. The highest BCUT2D eigenvalue weighted by Gasteiger charge is 2.19. The second kappa shape index (κ2) is 5.25. The minimum atomic E-state index is 0.642. The summed E-state index contributed by atoms with van der Waals surface area (Å²) in [7, 11) is 4.13. The first-order valence-electron chi connectivity index (χ1n) is 7.89. The van der Waals surface area contributed by atoms with Gasteiger partial charge in [0.2, 0.25) is 0 Å². The lowest BCUT2D eigenvalue weighted by Crippen LogP contribution is -2.41. The molecule has 0 unspecified atom stereocenters. The maximum Gasteiger partial charge on any atom is 0.143 e. The molecule has 3 aromatic rings. The zero-order valence-electron chi connectivity index (χ0n) is 13.1. The van der Waals surface area contributed by atoms with Gasteiger partial charge in [0, 0.05) is 49.3 Å². The van der Waals surface area contributed by atoms with Crippen molar-refractivity contribution in [2.45, 2.75) is 18.9 Å². The van der Waals surface area contributed by atoms with Crippen LogP contribution in [0.15, 0.2) is 30.6 Å². The minimum Gasteiger partial charge on any atom is -0.356 e. The fraction of sp³-hybridized carbons (Fsp3) is 0.412. The number of pyridine rings is 2. The molecule has 1 N–H and O–H groups in total. The Labute approximate surface area is 130 Å². The Morgan fingerprint density at radius 2 is 1.95 bits per heavy atom. The second-order valence-electron chi connectivity index (χ2n) is 6.04. The Bertz CT molecular complexity index is 814. The zero-order chi connectivity index (χ0) is 15.1. The van der Waals surface area contributed by atoms with E-state index in [2.05, 4.69) is 45.0 Å². The summed E-state index contributed by atoms with van der Waals surface area (Å²) in [5, 5.41) is 5.73. The molecule has 0 aromatic carbocycles. The average Bonchev–Trinajstić information content (AvgIpc) is 2.88. The Hall–Kier alpha value is -2.14. The van der Waals surface area contributed by atoms with Crippen molar-refractivity contribution in [3.8, 4) is 0 Å². The lowest BCUT2D eigenvalue weighted by Gasteiger charge is -2.32. The molecule has 114 valence electrons. The van der Waals surface area contributed by atoms with Crippen LogP contribution >= 0.6 is 0 Å². The van der Waals surface area contributed by atoms with Gasteiger partial charge in [-0.25, -0.2) is 4.98 Å². The summed E-state index contributed by atoms with van der Waals surface area (Å²) in [5.41, 5.74) is 2.22. The van der Waals surface area contributed by atoms with Crippen molar-refractivity contribution in [1.29, 1.82) is 0 Å². The van der Waals surface area contributed by atoms with Crippen LogP contribution in [0.2, 0.25) is 0 Å². The number of piperidine rings is 1. The van der Waals surface area contributed by atoms with E-state index in [1.54, 1.807) is 0 Å². The van der Waals surface area contributed by atoms with Gasteiger partial charge in [0.25, 0.3) is 0 Å². The van der Waals surface area contributed by atoms with E-state index >= 15 is 0 Å². The van der Waals surface area contributed by atoms with Crippen LogP contribution in [-0.2, 0) is 7.05 Å². The molecule has 22 heavy (non-hydrogen) atoms. The number of fused-ring (bicyclic) bond motifs is 3. The lowest BCUT2D eigenvalue weighted by molar-refractivity contribution is 0.441. The zero-order valence-corrected chi connectivity index (χ0v) is 13.1. The summed E-state index contributed by atoms with van der Waals surface area (Å²) >= 11 is 0. The van der Waals surface area contributed by atoms with Gasteiger partial charge in [0.05, 0.1) is 5.52 Å². The minimum absolute atomic E-state index is 0.642. The van der Waals surface area contributed by atoms with Crippen LogP contribution in [0, 0.1) is 0 Å². The first kappa shape index (κ1) is 13.5. The van der Waals surface area contributed by atoms with Crippen LogP contribution in [0.4, 0.5) is 5.82 Å². The third kappa shape index (κ3) is 2.04. The molecule has 1 saturated heterocycles. The Kier molecular flexibility index (Phi) is 3.22. The molecule has 3 aromatic heterocycles. The van der Waals surface area contributed by atoms with Crippen molar-refractivity contribution in [3.05, 3.63) is 30.6 Å². The van der Waals surface area contributed by atoms with Gasteiger partial charge in [0.1, 0.15) is 11.5 Å². The molecule has 4 rings (SSSR count). The molecule has 1 aliphatic heterocycles. The Morgan fingerprint density at radius 3 is 2.73 bits per heavy atom. The Morgan fingerprint density at radius 1 is 1.14 bits per heavy atom. The van der Waals surface area contributed by atoms with Crippen LogP contribution in [0.5, 0.6) is 0 Å². The molecule has 0 radical (unpaired) electrons. The summed E-state index contributed by atoms with van der Waals surface area (Å²) in [6.45, 7) is 2.13. The van der Waals surface area contributed by atoms with Crippen molar-refractivity contribution >= 4 is 27.8 Å². The molecule has 0 saturated carbocycles. The van der Waals surface area contributed by atoms with E-state index in [0.717, 1.165) is 24.6 Å². The van der Waals surface area contributed by atoms with Gasteiger partial charge in [-0.05, 0) is 38.1 Å². The van der Waals surface area contributed by atoms with Gasteiger partial charge in [0.15, 0.2) is 0 Å². The highest BCUT2D eigenvalue weighted by atomic mass is 15.2. The summed E-state index contributed by atoms with van der Waals surface area (Å²) in [6.07, 6.45) is 6.12. The highest BCUT2D eigenvalue weighted by molar-refractivity contribution is 6.06. The van der Waals surface area contributed by atoms with Crippen molar-refractivity contribution in [3.63, 3.8) is 0 Å². The van der Waals surface area contributed by atoms with Gasteiger partial charge in [-0.1, -0.05) is 0 Å². The van der Waals surface area contributed by atoms with Gasteiger partial charge in [-0.2, -0.15) is 0 Å². The number of hydrogen-bond donors (Lipinski definition) is 1. The molecular weight excluding hydrogens is 274 g/mol. The van der Waals surface area contributed by atoms with Gasteiger partial charge in [-0.15, -0.1) is 0 Å². The van der Waals surface area contributed by atoms with E-state index in [1.165, 1.54) is 29.1 Å². The molecule has 0 spiro atoms. The lowest BCUT2D eigenvalue weighted by atomic mass is 10.1. The summed E-state index contributed by atoms with van der Waals surface area (Å²) in [6, 6.07) is 7.03. The number of nitrogens with zero attached hydrogens (tertiary/aromatic N) is 4. The highest BCUT2D eigenvalue weighted by Crippen LogP contribution is 2.28. The molecule has 0 bridgehead atoms. The van der Waals surface area contributed by atoms with E-state index in [9.17, 15) is 0 Å². The number of anilines is 1. The van der Waals surface area contributed by atoms with Gasteiger partial charge < -0.3 is 14.8 Å². The van der Waals surface area contributed by atoms with Gasteiger partial charge in [-0.3, -0.25) is 4.98 Å². The maximum atomic E-state index is 4.93. The van der Waals surface area contributed by atoms with E-state index in [4.69, 9.17) is 4.98 Å². The predicted molar refractivity (Wildman–Crippen MR) is 90.3 cm³/mol. The monoisotopic (exact) mass is 295 g/mol. The van der Waals surface area contributed by atoms with Crippen LogP contribution in [-0.4, -0.2) is 40.7 Å². The summed E-state index contributed by atoms with van der Waals surface area (Å²) < 4.78 is 2.16. The van der Waals surface area contributed by atoms with E-state index < -0.39 is 0 Å². The number of aryl methyl sites for hydroxylation is 1. The van der Waals surface area contributed by atoms with E-state index in [-0.39, 0.29) is 0 Å². The second-order valence-corrected chi connectivity index (χ2v) is 6.04. The average molecular weight is 295 g/mol. The quantitative estimate of drug-likeness (QED) is 0.788. The first-order valence-corrected chi connectivity index (χ1v) is 7.89. The number of rotatable bonds is 2. The number of hydrogen-bond acceptors (Lipinski definition) is 4. The van der Waals surface area contributed by atoms with Crippen molar-refractivity contribution < 1.29 is 0 Å². The number of aromatic nitrogens is 3. The normalized spacial score (nSPS) is 16.7. The summed E-state index contributed by atoms with van der Waals surface area (Å²) in [5.74, 6) is 1.08. The van der Waals surface area contributed by atoms with Crippen LogP contribution in [0.25, 0.3) is 21.9 Å². The fourth-order valence-corrected chi connectivity index (χ4v) is 3.48. The molecule has 1 fully saturated rings. The molecule has 0 aliphatic carbocycles. The van der Waals surface area contributed by atoms with Crippen molar-refractivity contribution in [1.82, 2.24) is 19.9 Å². The smallest absolute Gasteiger partial charge is 0.143 e. The molecule has 5 nitrogen and oxygen atoms in total. The van der Waals surface area contributed by atoms with E-state index in [0.29, 0.717) is 6.04 Å². The van der Waals surface area contributed by atoms with Crippen molar-refractivity contribution in [2.75, 3.05) is 25.0 Å². The predicted octanol–water partition coefficient (Wildman–Crippen LogP) is 2.31. The maximum absolute atomic E-state index is 4.93. The molecule has 5 heteroatoms. The molecular formula is C17H21N5. The number of nitrogens with one attached hydrogen (secondary N) is 1. The SMILES string of the molecule is CNC1CCN(c2ccc3c4cnccc4n(C)c3n2)CC1. The van der Waals surface area contributed by atoms with Crippen LogP contribution < -0.4 is 10.2 Å². The first-order chi connectivity index (χ1) is 10.8. The fourth-order valence-electron chi connectivity index (χ4n) is 3.48. The summed E-state index contributed by atoms with van der Waals surface area (Å²) in [4.78, 5) is 11.6. The molecule has 1 aliphatic rings. The third-order valence-corrected chi connectivity index (χ3v) is 4.85. The topological polar surface area (TPSA) is 46.0 Å². The standard InChI is InChI=1S/C17H21N5/c1-18-12-6-9-22(10-7-12)16-4-3-13-14-11-19-8-5-15(14)21(2)17(13)20-16/h3-5,8,11-12,18H,6-7,9-10H2,1-2H3. The van der Waals surface area contributed by atoms with Gasteiger partial charge >= 0.3 is 0 Å². The van der Waals surface area contributed by atoms with Crippen molar-refractivity contribution in [2.24, 2.45) is 7.05 Å². The largest absolute Gasteiger partial charge is 0.356 e. The van der Waals surface area contributed by atoms with Crippen LogP contribution in [0.3, 0.4) is 0 Å². The molecule has 0 atom stereocenters. The van der Waals surface area contributed by atoms with E-state index in [1.807, 2.05) is 19.4 Å². The molecule has 0 amide bonds.